The number of hydrogen-bond donors (Lipinski definition) is 1. The lowest BCUT2D eigenvalue weighted by atomic mass is 9.69. The lowest BCUT2D eigenvalue weighted by Crippen LogP contribution is -2.44. The Bertz CT molecular complexity index is 881. The summed E-state index contributed by atoms with van der Waals surface area (Å²) in [4.78, 5) is 0. The summed E-state index contributed by atoms with van der Waals surface area (Å²) in [6.45, 7) is 2.14. The molecule has 0 aliphatic heterocycles. The van der Waals surface area contributed by atoms with Crippen LogP contribution in [0, 0.1) is 18.8 Å². The molecule has 3 aromatic carbocycles. The van der Waals surface area contributed by atoms with Crippen molar-refractivity contribution in [2.24, 2.45) is 11.8 Å². The molecule has 0 spiro atoms. The quantitative estimate of drug-likeness (QED) is 0.651. The van der Waals surface area contributed by atoms with Gasteiger partial charge in [0.15, 0.2) is 0 Å². The minimum atomic E-state index is -0.802. The molecule has 0 heterocycles. The van der Waals surface area contributed by atoms with Crippen molar-refractivity contribution in [1.29, 1.82) is 0 Å². The zero-order valence-corrected chi connectivity index (χ0v) is 15.9. The third-order valence-corrected chi connectivity index (χ3v) is 6.92. The number of hydrogen-bond acceptors (Lipinski definition) is 1. The van der Waals surface area contributed by atoms with Crippen LogP contribution in [0.5, 0.6) is 0 Å². The van der Waals surface area contributed by atoms with E-state index in [1.807, 2.05) is 0 Å². The van der Waals surface area contributed by atoms with Crippen molar-refractivity contribution >= 4 is 0 Å². The molecule has 1 heteroatoms. The molecule has 136 valence electrons. The second-order valence-electron chi connectivity index (χ2n) is 8.39. The third kappa shape index (κ3) is 2.64. The Morgan fingerprint density at radius 2 is 1.00 bits per heavy atom. The molecule has 3 aromatic rings. The van der Waals surface area contributed by atoms with Crippen molar-refractivity contribution in [3.63, 3.8) is 0 Å². The zero-order valence-electron chi connectivity index (χ0n) is 15.9. The average Bonchev–Trinajstić information content (AvgIpc) is 2.87. The van der Waals surface area contributed by atoms with Gasteiger partial charge in [-0.1, -0.05) is 72.8 Å². The van der Waals surface area contributed by atoms with Gasteiger partial charge in [-0.25, -0.2) is 0 Å². The van der Waals surface area contributed by atoms with Gasteiger partial charge in [-0.05, 0) is 66.0 Å². The number of benzene rings is 3. The summed E-state index contributed by atoms with van der Waals surface area (Å²) in [6.07, 6.45) is 3.75. The summed E-state index contributed by atoms with van der Waals surface area (Å²) in [6, 6.07) is 26.1. The lowest BCUT2D eigenvalue weighted by molar-refractivity contribution is -0.0717. The minimum absolute atomic E-state index is 0.191. The van der Waals surface area contributed by atoms with Gasteiger partial charge in [0.05, 0.1) is 5.60 Å². The molecule has 27 heavy (non-hydrogen) atoms. The number of fused-ring (bicyclic) bond motifs is 4. The van der Waals surface area contributed by atoms with E-state index in [0.29, 0.717) is 0 Å². The molecule has 2 bridgehead atoms. The fourth-order valence-corrected chi connectivity index (χ4v) is 5.54. The van der Waals surface area contributed by atoms with E-state index in [0.717, 1.165) is 31.2 Å². The Morgan fingerprint density at radius 1 is 0.630 bits per heavy atom. The van der Waals surface area contributed by atoms with Gasteiger partial charge in [0.1, 0.15) is 0 Å². The van der Waals surface area contributed by atoms with Gasteiger partial charge in [0.2, 0.25) is 0 Å². The first-order chi connectivity index (χ1) is 13.2. The summed E-state index contributed by atoms with van der Waals surface area (Å²) < 4.78 is 0. The molecule has 0 unspecified atom stereocenters. The Balaban J connectivity index is 1.73. The molecule has 1 N–H and O–H groups in total. The van der Waals surface area contributed by atoms with E-state index in [4.69, 9.17) is 0 Å². The van der Waals surface area contributed by atoms with Crippen molar-refractivity contribution in [1.82, 2.24) is 0 Å². The molecule has 2 aliphatic rings. The highest BCUT2D eigenvalue weighted by atomic mass is 16.3. The first-order valence-corrected chi connectivity index (χ1v) is 10.1. The lowest BCUT2D eigenvalue weighted by Gasteiger charge is -2.41. The highest BCUT2D eigenvalue weighted by Crippen LogP contribution is 2.49. The van der Waals surface area contributed by atoms with E-state index in [-0.39, 0.29) is 11.8 Å². The smallest absolute Gasteiger partial charge is 0.0967 e. The monoisotopic (exact) mass is 354 g/mol. The van der Waals surface area contributed by atoms with Crippen LogP contribution in [-0.4, -0.2) is 5.11 Å². The number of aliphatic hydroxyl groups is 1. The molecule has 0 aromatic heterocycles. The largest absolute Gasteiger partial charge is 0.385 e. The number of rotatable bonds is 1. The number of aryl methyl sites for hydroxylation is 1. The molecule has 0 atom stereocenters. The van der Waals surface area contributed by atoms with Crippen molar-refractivity contribution in [3.8, 4) is 0 Å². The molecule has 0 amide bonds. The van der Waals surface area contributed by atoms with E-state index in [1.165, 1.54) is 27.8 Å². The Hall–Kier alpha value is -2.38. The van der Waals surface area contributed by atoms with Gasteiger partial charge < -0.3 is 5.11 Å². The fourth-order valence-electron chi connectivity index (χ4n) is 5.54. The second kappa shape index (κ2) is 6.35. The first-order valence-electron chi connectivity index (χ1n) is 10.1. The van der Waals surface area contributed by atoms with E-state index in [9.17, 15) is 5.11 Å². The molecule has 0 radical (unpaired) electrons. The van der Waals surface area contributed by atoms with Crippen LogP contribution in [0.15, 0.2) is 72.8 Å². The van der Waals surface area contributed by atoms with Gasteiger partial charge in [-0.3, -0.25) is 0 Å². The standard InChI is InChI=1S/C26H26O/c1-18-8-2-7-13-25(18)26(27)23-14-19-9-3-4-10-20(19)15-24(26)17-22-12-6-5-11-21(22)16-23/h2-13,23-24,27H,14-17H2,1H3. The maximum Gasteiger partial charge on any atom is 0.0967 e. The second-order valence-corrected chi connectivity index (χ2v) is 8.39. The maximum absolute atomic E-state index is 12.4. The molecule has 5 rings (SSSR count). The molecule has 0 saturated carbocycles. The van der Waals surface area contributed by atoms with E-state index in [2.05, 4.69) is 79.7 Å². The molecular weight excluding hydrogens is 328 g/mol. The van der Waals surface area contributed by atoms with Crippen LogP contribution in [0.25, 0.3) is 0 Å². The van der Waals surface area contributed by atoms with Crippen LogP contribution < -0.4 is 0 Å². The van der Waals surface area contributed by atoms with Crippen LogP contribution in [0.3, 0.4) is 0 Å². The summed E-state index contributed by atoms with van der Waals surface area (Å²) in [5, 5.41) is 12.4. The average molecular weight is 354 g/mol. The zero-order chi connectivity index (χ0) is 18.4. The van der Waals surface area contributed by atoms with Gasteiger partial charge in [-0.15, -0.1) is 0 Å². The summed E-state index contributed by atoms with van der Waals surface area (Å²) in [7, 11) is 0. The predicted molar refractivity (Wildman–Crippen MR) is 110 cm³/mol. The van der Waals surface area contributed by atoms with Crippen molar-refractivity contribution < 1.29 is 5.11 Å². The molecule has 2 aliphatic carbocycles. The minimum Gasteiger partial charge on any atom is -0.385 e. The molecule has 1 nitrogen and oxygen atoms in total. The van der Waals surface area contributed by atoms with Crippen molar-refractivity contribution in [2.45, 2.75) is 38.2 Å². The first kappa shape index (κ1) is 16.8. The highest BCUT2D eigenvalue weighted by molar-refractivity contribution is 5.41. The maximum atomic E-state index is 12.4. The topological polar surface area (TPSA) is 20.2 Å². The van der Waals surface area contributed by atoms with Crippen molar-refractivity contribution in [3.05, 3.63) is 106 Å². The SMILES string of the molecule is Cc1ccccc1C1(O)C2Cc3ccccc3CC1Cc1ccccc1C2. The summed E-state index contributed by atoms with van der Waals surface area (Å²) >= 11 is 0. The van der Waals surface area contributed by atoms with Crippen LogP contribution >= 0.6 is 0 Å². The van der Waals surface area contributed by atoms with E-state index < -0.39 is 5.60 Å². The van der Waals surface area contributed by atoms with Crippen LogP contribution in [0.2, 0.25) is 0 Å². The molecule has 0 saturated heterocycles. The van der Waals surface area contributed by atoms with Gasteiger partial charge in [0, 0.05) is 11.8 Å². The summed E-state index contributed by atoms with van der Waals surface area (Å²) in [5.41, 5.74) is 7.18. The van der Waals surface area contributed by atoms with Gasteiger partial charge >= 0.3 is 0 Å². The molecule has 0 fully saturated rings. The van der Waals surface area contributed by atoms with E-state index >= 15 is 0 Å². The summed E-state index contributed by atoms with van der Waals surface area (Å²) in [5.74, 6) is 0.381. The normalized spacial score (nSPS) is 26.4. The van der Waals surface area contributed by atoms with E-state index in [1.54, 1.807) is 0 Å². The predicted octanol–water partition coefficient (Wildman–Crippen LogP) is 5.01. The Labute approximate surface area is 161 Å². The van der Waals surface area contributed by atoms with Crippen LogP contribution in [0.1, 0.15) is 33.4 Å². The van der Waals surface area contributed by atoms with Gasteiger partial charge in [0.25, 0.3) is 0 Å². The van der Waals surface area contributed by atoms with Crippen molar-refractivity contribution in [2.75, 3.05) is 0 Å². The van der Waals surface area contributed by atoms with Gasteiger partial charge in [-0.2, -0.15) is 0 Å². The Morgan fingerprint density at radius 3 is 1.41 bits per heavy atom. The molecular formula is C26H26O. The third-order valence-electron chi connectivity index (χ3n) is 6.92. The van der Waals surface area contributed by atoms with Crippen LogP contribution in [0.4, 0.5) is 0 Å². The Kier molecular flexibility index (Phi) is 3.94. The highest BCUT2D eigenvalue weighted by Gasteiger charge is 2.49. The van der Waals surface area contributed by atoms with Crippen LogP contribution in [-0.2, 0) is 31.3 Å². The fraction of sp³-hybridized carbons (Fsp3) is 0.308.